The van der Waals surface area contributed by atoms with E-state index in [1.54, 1.807) is 26.4 Å². The number of amides is 1. The third-order valence-electron chi connectivity index (χ3n) is 4.22. The van der Waals surface area contributed by atoms with E-state index in [1.165, 1.54) is 11.3 Å². The molecule has 0 aliphatic rings. The summed E-state index contributed by atoms with van der Waals surface area (Å²) in [6, 6.07) is 18.8. The minimum absolute atomic E-state index is 0.138. The Bertz CT molecular complexity index is 891. The van der Waals surface area contributed by atoms with Gasteiger partial charge in [0.15, 0.2) is 0 Å². The number of benzene rings is 2. The first-order valence-corrected chi connectivity index (χ1v) is 9.61. The Hall–Kier alpha value is -2.50. The molecule has 0 bridgehead atoms. The number of rotatable bonds is 7. The van der Waals surface area contributed by atoms with Gasteiger partial charge in [0.2, 0.25) is 0 Å². The van der Waals surface area contributed by atoms with Crippen molar-refractivity contribution in [3.05, 3.63) is 81.0 Å². The van der Waals surface area contributed by atoms with Crippen LogP contribution in [-0.4, -0.2) is 20.1 Å². The highest BCUT2D eigenvalue weighted by Gasteiger charge is 2.18. The number of carbonyl (C=O) groups excluding carboxylic acids is 1. The summed E-state index contributed by atoms with van der Waals surface area (Å²) in [5.41, 5.74) is 2.10. The molecule has 1 amide bonds. The zero-order valence-electron chi connectivity index (χ0n) is 15.1. The second kappa shape index (κ2) is 8.93. The minimum Gasteiger partial charge on any atom is -0.497 e. The first-order chi connectivity index (χ1) is 13.1. The van der Waals surface area contributed by atoms with Crippen molar-refractivity contribution in [3.63, 3.8) is 0 Å². The van der Waals surface area contributed by atoms with Crippen LogP contribution < -0.4 is 14.8 Å². The number of hydrogen-bond donors (Lipinski definition) is 1. The summed E-state index contributed by atoms with van der Waals surface area (Å²) in [6.45, 7) is 0. The number of hydrogen-bond acceptors (Lipinski definition) is 4. The molecular formula is C21H20ClNO3S. The van der Waals surface area contributed by atoms with Crippen LogP contribution in [-0.2, 0) is 6.42 Å². The average Bonchev–Trinajstić information content (AvgIpc) is 3.14. The smallest absolute Gasteiger partial charge is 0.261 e. The Labute approximate surface area is 167 Å². The largest absolute Gasteiger partial charge is 0.497 e. The van der Waals surface area contributed by atoms with Crippen LogP contribution in [0, 0.1) is 0 Å². The standard InChI is InChI=1S/C21H20ClNO3S/c1-25-16-7-3-14(4-8-16)13-18(15-5-9-17(26-2)10-6-15)23-21(24)19-11-12-20(22)27-19/h3-12,18H,13H2,1-2H3,(H,23,24). The van der Waals surface area contributed by atoms with Crippen LogP contribution >= 0.6 is 22.9 Å². The molecule has 4 nitrogen and oxygen atoms in total. The van der Waals surface area contributed by atoms with Crippen LogP contribution in [0.3, 0.4) is 0 Å². The van der Waals surface area contributed by atoms with E-state index in [2.05, 4.69) is 5.32 Å². The Morgan fingerprint density at radius 1 is 0.963 bits per heavy atom. The number of nitrogens with one attached hydrogen (secondary N) is 1. The molecule has 1 aromatic heterocycles. The molecule has 0 fully saturated rings. The quantitative estimate of drug-likeness (QED) is 0.596. The van der Waals surface area contributed by atoms with E-state index in [1.807, 2.05) is 48.5 Å². The maximum atomic E-state index is 12.7. The lowest BCUT2D eigenvalue weighted by molar-refractivity contribution is 0.0940. The summed E-state index contributed by atoms with van der Waals surface area (Å²) in [4.78, 5) is 13.2. The van der Waals surface area contributed by atoms with Gasteiger partial charge in [-0.2, -0.15) is 0 Å². The second-order valence-corrected chi connectivity index (χ2v) is 7.67. The summed E-state index contributed by atoms with van der Waals surface area (Å²) in [5, 5.41) is 3.12. The van der Waals surface area contributed by atoms with Gasteiger partial charge < -0.3 is 14.8 Å². The highest BCUT2D eigenvalue weighted by atomic mass is 35.5. The third-order valence-corrected chi connectivity index (χ3v) is 5.45. The second-order valence-electron chi connectivity index (χ2n) is 5.96. The maximum absolute atomic E-state index is 12.7. The number of ether oxygens (including phenoxy) is 2. The first kappa shape index (κ1) is 19.3. The zero-order chi connectivity index (χ0) is 19.2. The summed E-state index contributed by atoms with van der Waals surface area (Å²) in [5.74, 6) is 1.44. The first-order valence-electron chi connectivity index (χ1n) is 8.42. The molecule has 27 heavy (non-hydrogen) atoms. The predicted molar refractivity (Wildman–Crippen MR) is 109 cm³/mol. The highest BCUT2D eigenvalue weighted by Crippen LogP contribution is 2.25. The molecule has 0 aliphatic carbocycles. The van der Waals surface area contributed by atoms with Crippen molar-refractivity contribution in [2.24, 2.45) is 0 Å². The Kier molecular flexibility index (Phi) is 6.37. The summed E-state index contributed by atoms with van der Waals surface area (Å²) < 4.78 is 11.0. The van der Waals surface area contributed by atoms with Crippen molar-refractivity contribution < 1.29 is 14.3 Å². The van der Waals surface area contributed by atoms with Crippen LogP contribution in [0.25, 0.3) is 0 Å². The van der Waals surface area contributed by atoms with Crippen LogP contribution in [0.1, 0.15) is 26.8 Å². The normalized spacial score (nSPS) is 11.7. The lowest BCUT2D eigenvalue weighted by atomic mass is 9.98. The summed E-state index contributed by atoms with van der Waals surface area (Å²) >= 11 is 7.23. The van der Waals surface area contributed by atoms with Crippen LogP contribution in [0.4, 0.5) is 0 Å². The molecule has 140 valence electrons. The fraction of sp³-hybridized carbons (Fsp3) is 0.190. The van der Waals surface area contributed by atoms with Crippen LogP contribution in [0.15, 0.2) is 60.7 Å². The molecule has 0 saturated heterocycles. The van der Waals surface area contributed by atoms with E-state index in [0.29, 0.717) is 15.6 Å². The molecule has 1 heterocycles. The molecule has 0 spiro atoms. The van der Waals surface area contributed by atoms with Gasteiger partial charge in [-0.05, 0) is 53.9 Å². The molecular weight excluding hydrogens is 382 g/mol. The van der Waals surface area contributed by atoms with Gasteiger partial charge in [-0.3, -0.25) is 4.79 Å². The van der Waals surface area contributed by atoms with E-state index in [0.717, 1.165) is 22.6 Å². The molecule has 3 aromatic rings. The number of carbonyl (C=O) groups is 1. The number of methoxy groups -OCH3 is 2. The Balaban J connectivity index is 1.83. The van der Waals surface area contributed by atoms with Gasteiger partial charge in [0, 0.05) is 0 Å². The van der Waals surface area contributed by atoms with Gasteiger partial charge in [-0.15, -0.1) is 11.3 Å². The van der Waals surface area contributed by atoms with Crippen LogP contribution in [0.2, 0.25) is 4.34 Å². The van der Waals surface area contributed by atoms with E-state index < -0.39 is 0 Å². The molecule has 6 heteroatoms. The van der Waals surface area contributed by atoms with Gasteiger partial charge in [-0.1, -0.05) is 35.9 Å². The van der Waals surface area contributed by atoms with Crippen molar-refractivity contribution in [1.29, 1.82) is 0 Å². The molecule has 0 aliphatic heterocycles. The fourth-order valence-electron chi connectivity index (χ4n) is 2.75. The fourth-order valence-corrected chi connectivity index (χ4v) is 3.70. The zero-order valence-corrected chi connectivity index (χ0v) is 16.6. The monoisotopic (exact) mass is 401 g/mol. The lowest BCUT2D eigenvalue weighted by Gasteiger charge is -2.20. The molecule has 1 unspecified atom stereocenters. The molecule has 1 atom stereocenters. The van der Waals surface area contributed by atoms with Crippen molar-refractivity contribution in [2.75, 3.05) is 14.2 Å². The van der Waals surface area contributed by atoms with Gasteiger partial charge in [0.1, 0.15) is 11.5 Å². The van der Waals surface area contributed by atoms with Gasteiger partial charge in [-0.25, -0.2) is 0 Å². The summed E-state index contributed by atoms with van der Waals surface area (Å²) in [7, 11) is 3.27. The Morgan fingerprint density at radius 2 is 1.56 bits per heavy atom. The minimum atomic E-state index is -0.183. The van der Waals surface area contributed by atoms with E-state index >= 15 is 0 Å². The highest BCUT2D eigenvalue weighted by molar-refractivity contribution is 7.18. The van der Waals surface area contributed by atoms with Gasteiger partial charge in [0.05, 0.1) is 29.5 Å². The van der Waals surface area contributed by atoms with E-state index in [-0.39, 0.29) is 11.9 Å². The molecule has 2 aromatic carbocycles. The molecule has 0 saturated carbocycles. The number of thiophene rings is 1. The van der Waals surface area contributed by atoms with Crippen molar-refractivity contribution in [1.82, 2.24) is 5.32 Å². The van der Waals surface area contributed by atoms with Gasteiger partial charge >= 0.3 is 0 Å². The van der Waals surface area contributed by atoms with Crippen molar-refractivity contribution in [2.45, 2.75) is 12.5 Å². The topological polar surface area (TPSA) is 47.6 Å². The van der Waals surface area contributed by atoms with E-state index in [4.69, 9.17) is 21.1 Å². The molecule has 0 radical (unpaired) electrons. The van der Waals surface area contributed by atoms with Crippen molar-refractivity contribution >= 4 is 28.8 Å². The summed E-state index contributed by atoms with van der Waals surface area (Å²) in [6.07, 6.45) is 0.654. The maximum Gasteiger partial charge on any atom is 0.261 e. The number of halogens is 1. The average molecular weight is 402 g/mol. The van der Waals surface area contributed by atoms with E-state index in [9.17, 15) is 4.79 Å². The molecule has 3 rings (SSSR count). The van der Waals surface area contributed by atoms with Crippen LogP contribution in [0.5, 0.6) is 11.5 Å². The predicted octanol–water partition coefficient (Wildman–Crippen LogP) is 5.13. The lowest BCUT2D eigenvalue weighted by Crippen LogP contribution is -2.29. The SMILES string of the molecule is COc1ccc(CC(NC(=O)c2ccc(Cl)s2)c2ccc(OC)cc2)cc1. The third kappa shape index (κ3) is 5.02. The molecule has 1 N–H and O–H groups in total. The van der Waals surface area contributed by atoms with Gasteiger partial charge in [0.25, 0.3) is 5.91 Å². The Morgan fingerprint density at radius 3 is 2.07 bits per heavy atom. The van der Waals surface area contributed by atoms with Crippen molar-refractivity contribution in [3.8, 4) is 11.5 Å².